The number of carbonyl (C=O) groups is 1. The van der Waals surface area contributed by atoms with Crippen LogP contribution in [0.1, 0.15) is 46.0 Å². The van der Waals surface area contributed by atoms with Gasteiger partial charge in [-0.2, -0.15) is 0 Å². The van der Waals surface area contributed by atoms with Crippen molar-refractivity contribution in [1.82, 2.24) is 4.90 Å². The number of nitrogens with zero attached hydrogens (tertiary/aromatic N) is 1. The molecule has 92 valence electrons. The molecule has 3 nitrogen and oxygen atoms in total. The summed E-state index contributed by atoms with van der Waals surface area (Å²) in [6.45, 7) is 5.42. The number of carboxylic acid groups (broad SMARTS) is 1. The highest BCUT2D eigenvalue weighted by Gasteiger charge is 2.41. The van der Waals surface area contributed by atoms with E-state index in [0.717, 1.165) is 25.8 Å². The normalized spacial score (nSPS) is 35.3. The highest BCUT2D eigenvalue weighted by Crippen LogP contribution is 2.38. The Morgan fingerprint density at radius 3 is 2.50 bits per heavy atom. The molecule has 0 aromatic heterocycles. The molecule has 1 N–H and O–H groups in total. The van der Waals surface area contributed by atoms with Gasteiger partial charge in [0.15, 0.2) is 0 Å². The Kier molecular flexibility index (Phi) is 3.53. The van der Waals surface area contributed by atoms with Crippen molar-refractivity contribution in [3.8, 4) is 0 Å². The fourth-order valence-corrected chi connectivity index (χ4v) is 3.18. The summed E-state index contributed by atoms with van der Waals surface area (Å²) in [5.74, 6) is -0.0267. The minimum absolute atomic E-state index is 0.128. The van der Waals surface area contributed by atoms with Crippen molar-refractivity contribution in [3.05, 3.63) is 0 Å². The highest BCUT2D eigenvalue weighted by atomic mass is 16.4. The quantitative estimate of drug-likeness (QED) is 0.798. The second-order valence-corrected chi connectivity index (χ2v) is 5.49. The summed E-state index contributed by atoms with van der Waals surface area (Å²) >= 11 is 0. The Balaban J connectivity index is 2.08. The van der Waals surface area contributed by atoms with E-state index < -0.39 is 5.97 Å². The van der Waals surface area contributed by atoms with E-state index in [2.05, 4.69) is 18.7 Å². The van der Waals surface area contributed by atoms with Gasteiger partial charge in [0, 0.05) is 12.1 Å². The number of rotatable bonds is 4. The molecule has 0 aromatic carbocycles. The van der Waals surface area contributed by atoms with Crippen LogP contribution in [0, 0.1) is 11.8 Å². The van der Waals surface area contributed by atoms with Crippen molar-refractivity contribution in [2.45, 2.75) is 58.0 Å². The third kappa shape index (κ3) is 2.40. The fourth-order valence-electron chi connectivity index (χ4n) is 3.18. The topological polar surface area (TPSA) is 40.5 Å². The first-order valence-corrected chi connectivity index (χ1v) is 6.62. The fraction of sp³-hybridized carbons (Fsp3) is 0.923. The second kappa shape index (κ2) is 4.74. The maximum atomic E-state index is 11.3. The lowest BCUT2D eigenvalue weighted by Gasteiger charge is -2.40. The molecule has 2 aliphatic carbocycles. The van der Waals surface area contributed by atoms with Gasteiger partial charge in [0.05, 0.1) is 5.92 Å². The predicted octanol–water partition coefficient (Wildman–Crippen LogP) is 2.36. The second-order valence-electron chi connectivity index (χ2n) is 5.49. The minimum atomic E-state index is -0.587. The third-order valence-corrected chi connectivity index (χ3v) is 4.20. The first-order valence-electron chi connectivity index (χ1n) is 6.62. The lowest BCUT2D eigenvalue weighted by Crippen LogP contribution is -2.47. The Bertz CT molecular complexity index is 263. The number of carboxylic acids is 1. The van der Waals surface area contributed by atoms with Crippen molar-refractivity contribution < 1.29 is 9.90 Å². The van der Waals surface area contributed by atoms with E-state index in [1.54, 1.807) is 0 Å². The van der Waals surface area contributed by atoms with Gasteiger partial charge in [-0.1, -0.05) is 13.8 Å². The van der Waals surface area contributed by atoms with Gasteiger partial charge in [0.25, 0.3) is 0 Å². The van der Waals surface area contributed by atoms with Crippen molar-refractivity contribution in [3.63, 3.8) is 0 Å². The van der Waals surface area contributed by atoms with E-state index in [4.69, 9.17) is 0 Å². The third-order valence-electron chi connectivity index (χ3n) is 4.20. The van der Waals surface area contributed by atoms with Crippen molar-refractivity contribution in [1.29, 1.82) is 0 Å². The first-order chi connectivity index (χ1) is 7.63. The van der Waals surface area contributed by atoms with E-state index in [1.807, 2.05) is 0 Å². The zero-order valence-electron chi connectivity index (χ0n) is 10.4. The number of aliphatic carboxylic acids is 1. The minimum Gasteiger partial charge on any atom is -0.481 e. The molecule has 0 amide bonds. The first kappa shape index (κ1) is 11.9. The summed E-state index contributed by atoms with van der Waals surface area (Å²) < 4.78 is 0. The molecule has 0 aliphatic heterocycles. The Hall–Kier alpha value is -0.570. The van der Waals surface area contributed by atoms with Gasteiger partial charge in [-0.3, -0.25) is 9.69 Å². The molecule has 16 heavy (non-hydrogen) atoms. The maximum Gasteiger partial charge on any atom is 0.308 e. The lowest BCUT2D eigenvalue weighted by molar-refractivity contribution is -0.146. The summed E-state index contributed by atoms with van der Waals surface area (Å²) in [5.41, 5.74) is 0. The van der Waals surface area contributed by atoms with E-state index in [9.17, 15) is 9.90 Å². The van der Waals surface area contributed by atoms with Crippen molar-refractivity contribution in [2.24, 2.45) is 11.8 Å². The summed E-state index contributed by atoms with van der Waals surface area (Å²) in [6.07, 6.45) is 5.55. The van der Waals surface area contributed by atoms with Gasteiger partial charge in [0.1, 0.15) is 0 Å². The molecule has 2 fully saturated rings. The molecule has 0 aromatic rings. The molecular weight excluding hydrogens is 202 g/mol. The average Bonchev–Trinajstić information content (AvgIpc) is 3.03. The molecule has 0 spiro atoms. The van der Waals surface area contributed by atoms with Gasteiger partial charge < -0.3 is 5.11 Å². The molecule has 3 atom stereocenters. The van der Waals surface area contributed by atoms with E-state index in [0.29, 0.717) is 18.0 Å². The van der Waals surface area contributed by atoms with E-state index in [-0.39, 0.29) is 5.92 Å². The summed E-state index contributed by atoms with van der Waals surface area (Å²) in [4.78, 5) is 13.8. The van der Waals surface area contributed by atoms with Gasteiger partial charge in [-0.15, -0.1) is 0 Å². The molecule has 0 heterocycles. The molecule has 3 unspecified atom stereocenters. The molecule has 2 saturated carbocycles. The standard InChI is InChI=1S/C13H23NO2/c1-3-14(10-5-6-10)12-8-9(2)4-7-11(12)13(15)16/h9-12H,3-8H2,1-2H3,(H,15,16). The number of hydrogen-bond donors (Lipinski definition) is 1. The van der Waals surface area contributed by atoms with Crippen LogP contribution in [0.15, 0.2) is 0 Å². The van der Waals surface area contributed by atoms with Crippen LogP contribution >= 0.6 is 0 Å². The van der Waals surface area contributed by atoms with Crippen LogP contribution in [0.25, 0.3) is 0 Å². The molecule has 0 saturated heterocycles. The SMILES string of the molecule is CCN(C1CC1)C1CC(C)CCC1C(=O)O. The molecule has 2 rings (SSSR count). The summed E-state index contributed by atoms with van der Waals surface area (Å²) in [7, 11) is 0. The van der Waals surface area contributed by atoms with Gasteiger partial charge in [-0.25, -0.2) is 0 Å². The van der Waals surface area contributed by atoms with Crippen LogP contribution in [0.3, 0.4) is 0 Å². The monoisotopic (exact) mass is 225 g/mol. The van der Waals surface area contributed by atoms with Crippen LogP contribution in [-0.4, -0.2) is 34.6 Å². The van der Waals surface area contributed by atoms with Gasteiger partial charge in [-0.05, 0) is 44.6 Å². The summed E-state index contributed by atoms with van der Waals surface area (Å²) in [6, 6.07) is 0.973. The molecule has 2 aliphatic rings. The predicted molar refractivity (Wildman–Crippen MR) is 63.3 cm³/mol. The largest absolute Gasteiger partial charge is 0.481 e. The van der Waals surface area contributed by atoms with Crippen LogP contribution in [0.2, 0.25) is 0 Å². The van der Waals surface area contributed by atoms with Crippen LogP contribution in [-0.2, 0) is 4.79 Å². The van der Waals surface area contributed by atoms with E-state index >= 15 is 0 Å². The lowest BCUT2D eigenvalue weighted by atomic mass is 9.78. The molecule has 0 radical (unpaired) electrons. The maximum absolute atomic E-state index is 11.3. The smallest absolute Gasteiger partial charge is 0.308 e. The Morgan fingerprint density at radius 1 is 1.31 bits per heavy atom. The van der Waals surface area contributed by atoms with Gasteiger partial charge in [0.2, 0.25) is 0 Å². The van der Waals surface area contributed by atoms with Crippen LogP contribution in [0.4, 0.5) is 0 Å². The molecule has 3 heteroatoms. The van der Waals surface area contributed by atoms with Gasteiger partial charge >= 0.3 is 5.97 Å². The number of hydrogen-bond acceptors (Lipinski definition) is 2. The van der Waals surface area contributed by atoms with Crippen LogP contribution in [0.5, 0.6) is 0 Å². The Morgan fingerprint density at radius 2 is 2.00 bits per heavy atom. The Labute approximate surface area is 97.8 Å². The van der Waals surface area contributed by atoms with E-state index in [1.165, 1.54) is 12.8 Å². The van der Waals surface area contributed by atoms with Crippen molar-refractivity contribution >= 4 is 5.97 Å². The molecular formula is C13H23NO2. The summed E-state index contributed by atoms with van der Waals surface area (Å²) in [5, 5.41) is 9.31. The van der Waals surface area contributed by atoms with Crippen molar-refractivity contribution in [2.75, 3.05) is 6.54 Å². The zero-order chi connectivity index (χ0) is 11.7. The zero-order valence-corrected chi connectivity index (χ0v) is 10.4. The average molecular weight is 225 g/mol. The highest BCUT2D eigenvalue weighted by molar-refractivity contribution is 5.71. The molecule has 0 bridgehead atoms. The van der Waals surface area contributed by atoms with Crippen LogP contribution < -0.4 is 0 Å².